The molecule has 130 valence electrons. The molecule has 0 bridgehead atoms. The van der Waals surface area contributed by atoms with Crippen LogP contribution in [0.2, 0.25) is 0 Å². The number of anilines is 2. The van der Waals surface area contributed by atoms with Crippen molar-refractivity contribution in [3.05, 3.63) is 65.0 Å². The van der Waals surface area contributed by atoms with Crippen LogP contribution < -0.4 is 4.90 Å². The van der Waals surface area contributed by atoms with Gasteiger partial charge in [0.25, 0.3) is 0 Å². The summed E-state index contributed by atoms with van der Waals surface area (Å²) in [7, 11) is -3.07. The maximum absolute atomic E-state index is 13.7. The van der Waals surface area contributed by atoms with Gasteiger partial charge in [-0.1, -0.05) is 19.1 Å². The highest BCUT2D eigenvalue weighted by atomic mass is 32.2. The number of carbonyl (C=O) groups is 1. The fourth-order valence-corrected chi connectivity index (χ4v) is 4.14. The molecule has 0 aliphatic carbocycles. The number of halogens is 1. The highest BCUT2D eigenvalue weighted by Crippen LogP contribution is 2.40. The van der Waals surface area contributed by atoms with Gasteiger partial charge in [0.2, 0.25) is 9.84 Å². The monoisotopic (exact) mass is 361 g/mol. The van der Waals surface area contributed by atoms with Crippen LogP contribution >= 0.6 is 0 Å². The van der Waals surface area contributed by atoms with Gasteiger partial charge in [-0.05, 0) is 42.3 Å². The third-order valence-electron chi connectivity index (χ3n) is 4.02. The zero-order valence-electron chi connectivity index (χ0n) is 13.7. The van der Waals surface area contributed by atoms with Gasteiger partial charge in [0, 0.05) is 11.9 Å². The van der Waals surface area contributed by atoms with Crippen molar-refractivity contribution in [2.75, 3.05) is 12.0 Å². The number of benzene rings is 2. The maximum atomic E-state index is 13.7. The van der Waals surface area contributed by atoms with Crippen molar-refractivity contribution in [2.45, 2.75) is 18.2 Å². The van der Waals surface area contributed by atoms with Crippen LogP contribution in [0.3, 0.4) is 0 Å². The Hall–Kier alpha value is -2.67. The molecule has 1 aliphatic rings. The Bertz CT molecular complexity index is 965. The summed E-state index contributed by atoms with van der Waals surface area (Å²) in [5.41, 5.74) is 2.05. The second-order valence-electron chi connectivity index (χ2n) is 5.49. The summed E-state index contributed by atoms with van der Waals surface area (Å²) < 4.78 is 43.6. The molecule has 0 saturated heterocycles. The average Bonchev–Trinajstić information content (AvgIpc) is 2.62. The lowest BCUT2D eigenvalue weighted by atomic mass is 10.1. The van der Waals surface area contributed by atoms with Crippen LogP contribution in [-0.4, -0.2) is 21.5 Å². The number of ether oxygens (including phenoxy) is 1. The molecule has 2 aromatic rings. The first kappa shape index (κ1) is 17.2. The summed E-state index contributed by atoms with van der Waals surface area (Å²) in [5, 5.41) is 0. The van der Waals surface area contributed by atoms with Gasteiger partial charge < -0.3 is 9.64 Å². The van der Waals surface area contributed by atoms with E-state index in [1.54, 1.807) is 4.90 Å². The van der Waals surface area contributed by atoms with E-state index in [0.717, 1.165) is 25.2 Å². The third-order valence-corrected chi connectivity index (χ3v) is 5.77. The molecule has 7 heteroatoms. The molecule has 0 radical (unpaired) electrons. The number of fused-ring (bicyclic) bond motifs is 1. The van der Waals surface area contributed by atoms with Crippen molar-refractivity contribution < 1.29 is 22.3 Å². The Kier molecular flexibility index (Phi) is 4.34. The van der Waals surface area contributed by atoms with Gasteiger partial charge >= 0.3 is 5.97 Å². The predicted octanol–water partition coefficient (Wildman–Crippen LogP) is 3.33. The molecule has 2 aromatic carbocycles. The molecule has 1 aliphatic heterocycles. The van der Waals surface area contributed by atoms with Gasteiger partial charge in [-0.2, -0.15) is 0 Å². The van der Waals surface area contributed by atoms with E-state index >= 15 is 0 Å². The first-order valence-corrected chi connectivity index (χ1v) is 9.09. The van der Waals surface area contributed by atoms with Gasteiger partial charge in [0.1, 0.15) is 5.82 Å². The van der Waals surface area contributed by atoms with Crippen LogP contribution in [0.4, 0.5) is 15.8 Å². The Morgan fingerprint density at radius 1 is 1.16 bits per heavy atom. The van der Waals surface area contributed by atoms with E-state index in [2.05, 4.69) is 4.74 Å². The lowest BCUT2D eigenvalue weighted by Crippen LogP contribution is -2.26. The zero-order chi connectivity index (χ0) is 18.2. The van der Waals surface area contributed by atoms with Crippen LogP contribution in [0.5, 0.6) is 0 Å². The molecule has 1 heterocycles. The lowest BCUT2D eigenvalue weighted by molar-refractivity contribution is -0.135. The Morgan fingerprint density at radius 2 is 1.84 bits per heavy atom. The third kappa shape index (κ3) is 2.91. The number of hydrogen-bond acceptors (Lipinski definition) is 5. The predicted molar refractivity (Wildman–Crippen MR) is 91.6 cm³/mol. The topological polar surface area (TPSA) is 63.7 Å². The number of carbonyl (C=O) groups excluding carboxylic acids is 1. The van der Waals surface area contributed by atoms with Crippen molar-refractivity contribution in [1.82, 2.24) is 0 Å². The largest absolute Gasteiger partial charge is 0.465 e. The van der Waals surface area contributed by atoms with Crippen molar-refractivity contribution in [3.63, 3.8) is 0 Å². The van der Waals surface area contributed by atoms with Gasteiger partial charge in [-0.25, -0.2) is 17.6 Å². The molecule has 0 unspecified atom stereocenters. The summed E-state index contributed by atoms with van der Waals surface area (Å²) in [4.78, 5) is 12.7. The van der Waals surface area contributed by atoms with Gasteiger partial charge in [-0.15, -0.1) is 0 Å². The van der Waals surface area contributed by atoms with E-state index in [9.17, 15) is 17.6 Å². The smallest absolute Gasteiger partial charge is 0.351 e. The molecule has 25 heavy (non-hydrogen) atoms. The minimum absolute atomic E-state index is 0.269. The van der Waals surface area contributed by atoms with Crippen LogP contribution in [0.1, 0.15) is 12.5 Å². The molecule has 0 N–H and O–H groups in total. The van der Waals surface area contributed by atoms with E-state index in [4.69, 9.17) is 0 Å². The normalized spacial score (nSPS) is 15.3. The molecule has 0 aromatic heterocycles. The summed E-state index contributed by atoms with van der Waals surface area (Å²) in [6.45, 7) is 2.02. The standard InChI is InChI=1S/C18H16FNO4S/c1-3-12-4-7-14(8-5-12)20-11-17(18(21)24-2)25(22,23)16-10-13(19)6-9-15(16)20/h4-11H,3H2,1-2H3. The van der Waals surface area contributed by atoms with Crippen LogP contribution in [-0.2, 0) is 25.8 Å². The number of aryl methyl sites for hydroxylation is 1. The summed E-state index contributed by atoms with van der Waals surface area (Å²) in [5.74, 6) is -1.69. The fraction of sp³-hybridized carbons (Fsp3) is 0.167. The van der Waals surface area contributed by atoms with E-state index in [1.165, 1.54) is 18.3 Å². The van der Waals surface area contributed by atoms with Crippen LogP contribution in [0.15, 0.2) is 58.5 Å². The fourth-order valence-electron chi connectivity index (χ4n) is 2.65. The van der Waals surface area contributed by atoms with Crippen molar-refractivity contribution in [2.24, 2.45) is 0 Å². The molecule has 5 nitrogen and oxygen atoms in total. The number of hydrogen-bond donors (Lipinski definition) is 0. The second kappa shape index (κ2) is 6.33. The Morgan fingerprint density at radius 3 is 2.44 bits per heavy atom. The first-order valence-electron chi connectivity index (χ1n) is 7.61. The van der Waals surface area contributed by atoms with Gasteiger partial charge in [0.05, 0.1) is 17.7 Å². The minimum Gasteiger partial charge on any atom is -0.465 e. The van der Waals surface area contributed by atoms with E-state index < -0.39 is 26.5 Å². The van der Waals surface area contributed by atoms with Crippen molar-refractivity contribution in [3.8, 4) is 0 Å². The summed E-state index contributed by atoms with van der Waals surface area (Å²) in [6, 6.07) is 10.9. The highest BCUT2D eigenvalue weighted by Gasteiger charge is 2.36. The molecule has 0 atom stereocenters. The van der Waals surface area contributed by atoms with E-state index in [1.807, 2.05) is 31.2 Å². The quantitative estimate of drug-likeness (QED) is 0.785. The number of nitrogens with zero attached hydrogens (tertiary/aromatic N) is 1. The average molecular weight is 361 g/mol. The van der Waals surface area contributed by atoms with Gasteiger partial charge in [-0.3, -0.25) is 0 Å². The number of methoxy groups -OCH3 is 1. The molecule has 0 fully saturated rings. The van der Waals surface area contributed by atoms with Crippen molar-refractivity contribution >= 4 is 27.2 Å². The first-order chi connectivity index (χ1) is 11.9. The molecule has 0 saturated carbocycles. The molecule has 0 amide bonds. The Labute approximate surface area is 145 Å². The van der Waals surface area contributed by atoms with Crippen molar-refractivity contribution in [1.29, 1.82) is 0 Å². The molecule has 0 spiro atoms. The van der Waals surface area contributed by atoms with E-state index in [-0.39, 0.29) is 10.6 Å². The summed E-state index contributed by atoms with van der Waals surface area (Å²) >= 11 is 0. The SMILES string of the molecule is CCc1ccc(N2C=C(C(=O)OC)S(=O)(=O)c3cc(F)ccc32)cc1. The highest BCUT2D eigenvalue weighted by molar-refractivity contribution is 7.96. The number of esters is 1. The lowest BCUT2D eigenvalue weighted by Gasteiger charge is -2.28. The molecule has 3 rings (SSSR count). The van der Waals surface area contributed by atoms with Crippen LogP contribution in [0.25, 0.3) is 0 Å². The van der Waals surface area contributed by atoms with Gasteiger partial charge in [0.15, 0.2) is 4.91 Å². The number of sulfone groups is 1. The molecular formula is C18H16FNO4S. The Balaban J connectivity index is 2.24. The molecular weight excluding hydrogens is 345 g/mol. The minimum atomic E-state index is -4.17. The number of rotatable bonds is 3. The summed E-state index contributed by atoms with van der Waals surface area (Å²) in [6.07, 6.45) is 2.07. The maximum Gasteiger partial charge on any atom is 0.351 e. The van der Waals surface area contributed by atoms with E-state index in [0.29, 0.717) is 5.69 Å². The van der Waals surface area contributed by atoms with Crippen LogP contribution in [0, 0.1) is 5.82 Å². The zero-order valence-corrected chi connectivity index (χ0v) is 14.5. The second-order valence-corrected chi connectivity index (χ2v) is 7.38.